The van der Waals surface area contributed by atoms with Crippen molar-refractivity contribution in [1.29, 1.82) is 0 Å². The number of anilines is 1. The van der Waals surface area contributed by atoms with E-state index in [4.69, 9.17) is 5.10 Å². The lowest BCUT2D eigenvalue weighted by Crippen LogP contribution is -2.47. The minimum atomic E-state index is -0.320. The predicted molar refractivity (Wildman–Crippen MR) is 100.0 cm³/mol. The molecule has 1 spiro atoms. The van der Waals surface area contributed by atoms with Gasteiger partial charge in [-0.05, 0) is 43.6 Å². The minimum absolute atomic E-state index is 0.266. The first-order chi connectivity index (χ1) is 12.7. The van der Waals surface area contributed by atoms with E-state index in [-0.39, 0.29) is 11.3 Å². The third-order valence-corrected chi connectivity index (χ3v) is 6.31. The van der Waals surface area contributed by atoms with E-state index in [1.54, 1.807) is 0 Å². The molecule has 1 saturated heterocycles. The molecule has 6 heteroatoms. The van der Waals surface area contributed by atoms with E-state index in [1.165, 1.54) is 11.3 Å². The van der Waals surface area contributed by atoms with Gasteiger partial charge in [0.25, 0.3) is 0 Å². The molecule has 1 aromatic heterocycles. The zero-order valence-electron chi connectivity index (χ0n) is 15.2. The third-order valence-electron chi connectivity index (χ3n) is 6.31. The number of benzene rings is 1. The van der Waals surface area contributed by atoms with E-state index >= 15 is 0 Å². The van der Waals surface area contributed by atoms with Gasteiger partial charge in [-0.15, -0.1) is 0 Å². The molecule has 1 N–H and O–H groups in total. The number of aromatic nitrogens is 2. The van der Waals surface area contributed by atoms with E-state index in [2.05, 4.69) is 39.2 Å². The van der Waals surface area contributed by atoms with Crippen LogP contribution in [0, 0.1) is 0 Å². The van der Waals surface area contributed by atoms with Gasteiger partial charge in [0.1, 0.15) is 0 Å². The van der Waals surface area contributed by atoms with Crippen molar-refractivity contribution in [2.24, 2.45) is 0 Å². The zero-order valence-corrected chi connectivity index (χ0v) is 15.2. The summed E-state index contributed by atoms with van der Waals surface area (Å²) in [6.45, 7) is 5.61. The fourth-order valence-electron chi connectivity index (χ4n) is 4.85. The SMILES string of the molecule is CN1C(=O)C2(CCN(Cc3cc4n(n3)CCNC4)CC2)c2ccccc21. The number of carbonyl (C=O) groups is 1. The van der Waals surface area contributed by atoms with Crippen LogP contribution in [0.5, 0.6) is 0 Å². The molecule has 0 aliphatic carbocycles. The second-order valence-corrected chi connectivity index (χ2v) is 7.77. The molecule has 1 aromatic carbocycles. The Hall–Kier alpha value is -2.18. The number of nitrogens with zero attached hydrogens (tertiary/aromatic N) is 4. The fourth-order valence-corrected chi connectivity index (χ4v) is 4.85. The largest absolute Gasteiger partial charge is 0.314 e. The Morgan fingerprint density at radius 1 is 1.19 bits per heavy atom. The van der Waals surface area contributed by atoms with E-state index < -0.39 is 0 Å². The molecule has 1 fully saturated rings. The lowest BCUT2D eigenvalue weighted by Gasteiger charge is -2.38. The molecule has 0 bridgehead atoms. The first-order valence-corrected chi connectivity index (χ1v) is 9.54. The van der Waals surface area contributed by atoms with Crippen LogP contribution in [0.25, 0.3) is 0 Å². The number of carbonyl (C=O) groups excluding carboxylic acids is 1. The lowest BCUT2D eigenvalue weighted by atomic mass is 9.73. The summed E-state index contributed by atoms with van der Waals surface area (Å²) in [5.74, 6) is 0.266. The van der Waals surface area contributed by atoms with Gasteiger partial charge in [-0.3, -0.25) is 14.4 Å². The number of hydrogen-bond donors (Lipinski definition) is 1. The highest BCUT2D eigenvalue weighted by molar-refractivity contribution is 6.07. The van der Waals surface area contributed by atoms with E-state index in [0.717, 1.165) is 63.5 Å². The maximum atomic E-state index is 13.0. The molecular weight excluding hydrogens is 326 g/mol. The number of likely N-dealkylation sites (tertiary alicyclic amines) is 1. The van der Waals surface area contributed by atoms with Crippen LogP contribution in [-0.4, -0.2) is 47.3 Å². The van der Waals surface area contributed by atoms with Gasteiger partial charge >= 0.3 is 0 Å². The summed E-state index contributed by atoms with van der Waals surface area (Å²) in [4.78, 5) is 17.3. The van der Waals surface area contributed by atoms with Gasteiger partial charge in [0, 0.05) is 32.4 Å². The molecule has 0 radical (unpaired) electrons. The number of amides is 1. The molecule has 0 unspecified atom stereocenters. The summed E-state index contributed by atoms with van der Waals surface area (Å²) in [5.41, 5.74) is 4.41. The number of likely N-dealkylation sites (N-methyl/N-ethyl adjacent to an activating group) is 1. The Bertz CT molecular complexity index is 826. The number of piperidine rings is 1. The summed E-state index contributed by atoms with van der Waals surface area (Å²) in [6, 6.07) is 10.5. The lowest BCUT2D eigenvalue weighted by molar-refractivity contribution is -0.124. The van der Waals surface area contributed by atoms with Crippen LogP contribution >= 0.6 is 0 Å². The van der Waals surface area contributed by atoms with Crippen molar-refractivity contribution >= 4 is 11.6 Å². The molecule has 5 rings (SSSR count). The van der Waals surface area contributed by atoms with Gasteiger partial charge < -0.3 is 10.2 Å². The topological polar surface area (TPSA) is 53.4 Å². The second-order valence-electron chi connectivity index (χ2n) is 7.77. The molecule has 0 saturated carbocycles. The third kappa shape index (κ3) is 2.32. The Labute approximate surface area is 153 Å². The molecule has 3 aliphatic heterocycles. The highest BCUT2D eigenvalue weighted by atomic mass is 16.2. The standard InChI is InChI=1S/C20H25N5O/c1-23-18-5-3-2-4-17(18)20(19(23)26)6-9-24(10-7-20)14-15-12-16-13-21-8-11-25(16)22-15/h2-5,12,21H,6-11,13-14H2,1H3. The molecule has 0 atom stereocenters. The van der Waals surface area contributed by atoms with Crippen LogP contribution in [0.15, 0.2) is 30.3 Å². The predicted octanol–water partition coefficient (Wildman–Crippen LogP) is 1.50. The van der Waals surface area contributed by atoms with Crippen LogP contribution in [0.1, 0.15) is 29.8 Å². The Kier molecular flexibility index (Phi) is 3.65. The quantitative estimate of drug-likeness (QED) is 0.891. The molecule has 4 heterocycles. The van der Waals surface area contributed by atoms with Gasteiger partial charge in [-0.2, -0.15) is 5.10 Å². The van der Waals surface area contributed by atoms with Crippen molar-refractivity contribution in [1.82, 2.24) is 20.0 Å². The summed E-state index contributed by atoms with van der Waals surface area (Å²) < 4.78 is 2.13. The van der Waals surface area contributed by atoms with Crippen molar-refractivity contribution in [3.63, 3.8) is 0 Å². The molecule has 3 aliphatic rings. The number of rotatable bonds is 2. The van der Waals surface area contributed by atoms with Gasteiger partial charge in [-0.1, -0.05) is 18.2 Å². The van der Waals surface area contributed by atoms with Crippen molar-refractivity contribution in [2.75, 3.05) is 31.6 Å². The minimum Gasteiger partial charge on any atom is -0.314 e. The van der Waals surface area contributed by atoms with Crippen LogP contribution < -0.4 is 10.2 Å². The summed E-state index contributed by atoms with van der Waals surface area (Å²) in [7, 11) is 1.91. The van der Waals surface area contributed by atoms with Crippen molar-refractivity contribution < 1.29 is 4.79 Å². The summed E-state index contributed by atoms with van der Waals surface area (Å²) in [5, 5.41) is 8.15. The van der Waals surface area contributed by atoms with Crippen molar-refractivity contribution in [2.45, 2.75) is 37.9 Å². The van der Waals surface area contributed by atoms with Gasteiger partial charge in [0.05, 0.1) is 23.3 Å². The smallest absolute Gasteiger partial charge is 0.237 e. The van der Waals surface area contributed by atoms with E-state index in [1.807, 2.05) is 18.0 Å². The molecule has 1 amide bonds. The highest BCUT2D eigenvalue weighted by Crippen LogP contribution is 2.47. The van der Waals surface area contributed by atoms with Crippen LogP contribution in [0.4, 0.5) is 5.69 Å². The zero-order chi connectivity index (χ0) is 17.7. The first-order valence-electron chi connectivity index (χ1n) is 9.54. The van der Waals surface area contributed by atoms with Gasteiger partial charge in [-0.25, -0.2) is 0 Å². The van der Waals surface area contributed by atoms with E-state index in [0.29, 0.717) is 0 Å². The summed E-state index contributed by atoms with van der Waals surface area (Å²) >= 11 is 0. The maximum absolute atomic E-state index is 13.0. The monoisotopic (exact) mass is 351 g/mol. The molecule has 6 nitrogen and oxygen atoms in total. The van der Waals surface area contributed by atoms with Crippen LogP contribution in [0.2, 0.25) is 0 Å². The average Bonchev–Trinajstić information content (AvgIpc) is 3.17. The molecule has 2 aromatic rings. The fraction of sp³-hybridized carbons (Fsp3) is 0.500. The van der Waals surface area contributed by atoms with Crippen molar-refractivity contribution in [3.8, 4) is 0 Å². The summed E-state index contributed by atoms with van der Waals surface area (Å²) in [6.07, 6.45) is 1.78. The Balaban J connectivity index is 1.32. The number of para-hydroxylation sites is 1. The number of hydrogen-bond acceptors (Lipinski definition) is 4. The van der Waals surface area contributed by atoms with Gasteiger partial charge in [0.15, 0.2) is 0 Å². The van der Waals surface area contributed by atoms with Crippen molar-refractivity contribution in [3.05, 3.63) is 47.3 Å². The first kappa shape index (κ1) is 16.0. The van der Waals surface area contributed by atoms with Gasteiger partial charge in [0.2, 0.25) is 5.91 Å². The van der Waals surface area contributed by atoms with Crippen LogP contribution in [-0.2, 0) is 29.8 Å². The number of nitrogens with one attached hydrogen (secondary N) is 1. The maximum Gasteiger partial charge on any atom is 0.237 e. The molecular formula is C20H25N5O. The van der Waals surface area contributed by atoms with E-state index in [9.17, 15) is 4.79 Å². The normalized spacial score (nSPS) is 21.9. The second kappa shape index (κ2) is 5.93. The molecule has 136 valence electrons. The highest BCUT2D eigenvalue weighted by Gasteiger charge is 2.50. The average molecular weight is 351 g/mol. The Morgan fingerprint density at radius 3 is 2.81 bits per heavy atom. The Morgan fingerprint density at radius 2 is 2.00 bits per heavy atom. The number of fused-ring (bicyclic) bond motifs is 3. The molecule has 26 heavy (non-hydrogen) atoms. The van der Waals surface area contributed by atoms with Crippen LogP contribution in [0.3, 0.4) is 0 Å².